The summed E-state index contributed by atoms with van der Waals surface area (Å²) in [6.45, 7) is 3.00. The molecule has 1 saturated heterocycles. The molecule has 2 aromatic carbocycles. The number of carbonyl (C=O) groups excluding carboxylic acids is 2. The first kappa shape index (κ1) is 19.0. The van der Waals surface area contributed by atoms with Crippen LogP contribution in [0.15, 0.2) is 48.5 Å². The van der Waals surface area contributed by atoms with Gasteiger partial charge in [-0.3, -0.25) is 9.59 Å². The maximum Gasteiger partial charge on any atom is 0.232 e. The molecule has 4 nitrogen and oxygen atoms in total. The average Bonchev–Trinajstić information content (AvgIpc) is 3.05. The first-order chi connectivity index (χ1) is 13.0. The van der Waals surface area contributed by atoms with Gasteiger partial charge in [-0.15, -0.1) is 0 Å². The highest BCUT2D eigenvalue weighted by Gasteiger charge is 2.36. The van der Waals surface area contributed by atoms with Crippen molar-refractivity contribution in [2.75, 3.05) is 24.5 Å². The molecule has 1 aliphatic rings. The van der Waals surface area contributed by atoms with Crippen LogP contribution in [0.25, 0.3) is 0 Å². The standard InChI is InChI=1S/C21H22F2N2O2/c1-2-25(17-8-9-18(22)19(23)13-17)21(27)16-12-20(26)24(14-16)11-10-15-6-4-3-5-7-15/h3-9,13,16H,2,10-12,14H2,1H3. The second-order valence-electron chi connectivity index (χ2n) is 6.66. The third-order valence-corrected chi connectivity index (χ3v) is 4.87. The smallest absolute Gasteiger partial charge is 0.232 e. The van der Waals surface area contributed by atoms with Crippen molar-refractivity contribution in [3.8, 4) is 0 Å². The van der Waals surface area contributed by atoms with Gasteiger partial charge in [0.05, 0.1) is 5.92 Å². The number of benzene rings is 2. The molecule has 1 fully saturated rings. The fourth-order valence-electron chi connectivity index (χ4n) is 3.40. The highest BCUT2D eigenvalue weighted by atomic mass is 19.2. The highest BCUT2D eigenvalue weighted by molar-refractivity contribution is 5.99. The topological polar surface area (TPSA) is 40.6 Å². The molecule has 142 valence electrons. The average molecular weight is 372 g/mol. The number of likely N-dealkylation sites (tertiary alicyclic amines) is 1. The number of anilines is 1. The van der Waals surface area contributed by atoms with Gasteiger partial charge in [0, 0.05) is 37.8 Å². The van der Waals surface area contributed by atoms with E-state index in [9.17, 15) is 18.4 Å². The minimum Gasteiger partial charge on any atom is -0.342 e. The molecule has 1 unspecified atom stereocenters. The van der Waals surface area contributed by atoms with Crippen LogP contribution in [0.5, 0.6) is 0 Å². The molecule has 0 N–H and O–H groups in total. The molecule has 3 rings (SSSR count). The van der Waals surface area contributed by atoms with E-state index in [-0.39, 0.29) is 18.2 Å². The van der Waals surface area contributed by atoms with Gasteiger partial charge in [-0.25, -0.2) is 8.78 Å². The largest absolute Gasteiger partial charge is 0.342 e. The lowest BCUT2D eigenvalue weighted by Gasteiger charge is -2.24. The Bertz CT molecular complexity index is 826. The Balaban J connectivity index is 1.65. The van der Waals surface area contributed by atoms with Gasteiger partial charge in [-0.1, -0.05) is 30.3 Å². The zero-order chi connectivity index (χ0) is 19.4. The van der Waals surface area contributed by atoms with Crippen molar-refractivity contribution in [3.63, 3.8) is 0 Å². The van der Waals surface area contributed by atoms with Gasteiger partial charge in [-0.05, 0) is 31.0 Å². The number of nitrogens with zero attached hydrogens (tertiary/aromatic N) is 2. The molecule has 27 heavy (non-hydrogen) atoms. The molecule has 0 spiro atoms. The lowest BCUT2D eigenvalue weighted by atomic mass is 10.1. The summed E-state index contributed by atoms with van der Waals surface area (Å²) in [7, 11) is 0. The molecule has 1 heterocycles. The van der Waals surface area contributed by atoms with Crippen LogP contribution in [0.1, 0.15) is 18.9 Å². The van der Waals surface area contributed by atoms with Gasteiger partial charge in [-0.2, -0.15) is 0 Å². The van der Waals surface area contributed by atoms with Gasteiger partial charge < -0.3 is 9.80 Å². The SMILES string of the molecule is CCN(C(=O)C1CC(=O)N(CCc2ccccc2)C1)c1ccc(F)c(F)c1. The first-order valence-corrected chi connectivity index (χ1v) is 9.07. The molecule has 1 aliphatic heterocycles. The third-order valence-electron chi connectivity index (χ3n) is 4.87. The van der Waals surface area contributed by atoms with Crippen LogP contribution >= 0.6 is 0 Å². The van der Waals surface area contributed by atoms with E-state index in [0.29, 0.717) is 25.3 Å². The van der Waals surface area contributed by atoms with Crippen LogP contribution in [0.2, 0.25) is 0 Å². The van der Waals surface area contributed by atoms with Crippen LogP contribution in [0.4, 0.5) is 14.5 Å². The minimum absolute atomic E-state index is 0.0504. The molecule has 0 radical (unpaired) electrons. The monoisotopic (exact) mass is 372 g/mol. The van der Waals surface area contributed by atoms with Crippen LogP contribution < -0.4 is 4.90 Å². The van der Waals surface area contributed by atoms with E-state index < -0.39 is 17.6 Å². The van der Waals surface area contributed by atoms with Crippen molar-refractivity contribution in [3.05, 3.63) is 65.7 Å². The Morgan fingerprint density at radius 1 is 1.15 bits per heavy atom. The quantitative estimate of drug-likeness (QED) is 0.780. The summed E-state index contributed by atoms with van der Waals surface area (Å²) in [4.78, 5) is 28.3. The van der Waals surface area contributed by atoms with Gasteiger partial charge in [0.1, 0.15) is 0 Å². The highest BCUT2D eigenvalue weighted by Crippen LogP contribution is 2.25. The van der Waals surface area contributed by atoms with Crippen molar-refractivity contribution in [1.29, 1.82) is 0 Å². The number of carbonyl (C=O) groups is 2. The second-order valence-corrected chi connectivity index (χ2v) is 6.66. The summed E-state index contributed by atoms with van der Waals surface area (Å²) in [5, 5.41) is 0. The van der Waals surface area contributed by atoms with Gasteiger partial charge in [0.25, 0.3) is 0 Å². The Morgan fingerprint density at radius 2 is 1.89 bits per heavy atom. The fourth-order valence-corrected chi connectivity index (χ4v) is 3.40. The molecular weight excluding hydrogens is 350 g/mol. The van der Waals surface area contributed by atoms with Crippen LogP contribution in [0.3, 0.4) is 0 Å². The summed E-state index contributed by atoms with van der Waals surface area (Å²) in [6, 6.07) is 13.3. The molecule has 6 heteroatoms. The van der Waals surface area contributed by atoms with Gasteiger partial charge in [0.2, 0.25) is 11.8 Å². The molecular formula is C21H22F2N2O2. The molecule has 0 saturated carbocycles. The number of halogens is 2. The van der Waals surface area contributed by atoms with E-state index in [1.54, 1.807) is 11.8 Å². The molecule has 1 atom stereocenters. The van der Waals surface area contributed by atoms with E-state index in [1.165, 1.54) is 11.0 Å². The van der Waals surface area contributed by atoms with E-state index in [4.69, 9.17) is 0 Å². The van der Waals surface area contributed by atoms with E-state index in [0.717, 1.165) is 24.1 Å². The number of amides is 2. The van der Waals surface area contributed by atoms with Crippen molar-refractivity contribution < 1.29 is 18.4 Å². The molecule has 0 bridgehead atoms. The van der Waals surface area contributed by atoms with Gasteiger partial charge >= 0.3 is 0 Å². The zero-order valence-corrected chi connectivity index (χ0v) is 15.2. The maximum absolute atomic E-state index is 13.5. The lowest BCUT2D eigenvalue weighted by molar-refractivity contribution is -0.128. The third kappa shape index (κ3) is 4.32. The van der Waals surface area contributed by atoms with Gasteiger partial charge in [0.15, 0.2) is 11.6 Å². The molecule has 0 aromatic heterocycles. The summed E-state index contributed by atoms with van der Waals surface area (Å²) >= 11 is 0. The van der Waals surface area contributed by atoms with Crippen molar-refractivity contribution in [2.24, 2.45) is 5.92 Å². The zero-order valence-electron chi connectivity index (χ0n) is 15.2. The Kier molecular flexibility index (Phi) is 5.84. The number of rotatable bonds is 6. The van der Waals surface area contributed by atoms with Crippen LogP contribution in [-0.2, 0) is 16.0 Å². The Labute approximate surface area is 157 Å². The molecule has 0 aliphatic carbocycles. The Hall–Kier alpha value is -2.76. The predicted octanol–water partition coefficient (Wildman–Crippen LogP) is 3.41. The summed E-state index contributed by atoms with van der Waals surface area (Å²) < 4.78 is 26.7. The molecule has 2 amide bonds. The van der Waals surface area contributed by atoms with Crippen molar-refractivity contribution in [1.82, 2.24) is 4.90 Å². The number of hydrogen-bond acceptors (Lipinski definition) is 2. The lowest BCUT2D eigenvalue weighted by Crippen LogP contribution is -2.37. The maximum atomic E-state index is 13.5. The predicted molar refractivity (Wildman–Crippen MR) is 99.2 cm³/mol. The Morgan fingerprint density at radius 3 is 2.56 bits per heavy atom. The van der Waals surface area contributed by atoms with Crippen LogP contribution in [-0.4, -0.2) is 36.3 Å². The minimum atomic E-state index is -0.995. The summed E-state index contributed by atoms with van der Waals surface area (Å²) in [6.07, 6.45) is 0.877. The van der Waals surface area contributed by atoms with E-state index in [2.05, 4.69) is 0 Å². The fraction of sp³-hybridized carbons (Fsp3) is 0.333. The van der Waals surface area contributed by atoms with Crippen molar-refractivity contribution in [2.45, 2.75) is 19.8 Å². The van der Waals surface area contributed by atoms with Crippen LogP contribution in [0, 0.1) is 17.6 Å². The molecule has 2 aromatic rings. The second kappa shape index (κ2) is 8.29. The van der Waals surface area contributed by atoms with E-state index in [1.807, 2.05) is 30.3 Å². The van der Waals surface area contributed by atoms with E-state index >= 15 is 0 Å². The first-order valence-electron chi connectivity index (χ1n) is 9.07. The normalized spacial score (nSPS) is 16.6. The summed E-state index contributed by atoms with van der Waals surface area (Å²) in [5.74, 6) is -2.71. The number of hydrogen-bond donors (Lipinski definition) is 0. The van der Waals surface area contributed by atoms with Crippen molar-refractivity contribution >= 4 is 17.5 Å². The summed E-state index contributed by atoms with van der Waals surface area (Å²) in [5.41, 5.74) is 1.44.